The van der Waals surface area contributed by atoms with Crippen LogP contribution in [0.15, 0.2) is 55.5 Å². The second kappa shape index (κ2) is 9.39. The Morgan fingerprint density at radius 2 is 1.83 bits per heavy atom. The summed E-state index contributed by atoms with van der Waals surface area (Å²) in [7, 11) is 1.55. The van der Waals surface area contributed by atoms with Gasteiger partial charge in [-0.3, -0.25) is 4.40 Å². The molecular weight excluding hydrogens is 535 g/mol. The summed E-state index contributed by atoms with van der Waals surface area (Å²) >= 11 is 0. The van der Waals surface area contributed by atoms with Gasteiger partial charge in [0.15, 0.2) is 17.2 Å². The zero-order valence-corrected chi connectivity index (χ0v) is 22.2. The maximum Gasteiger partial charge on any atom is 0.434 e. The van der Waals surface area contributed by atoms with E-state index in [-0.39, 0.29) is 5.82 Å². The zero-order chi connectivity index (χ0) is 28.3. The Balaban J connectivity index is 1.29. The first-order chi connectivity index (χ1) is 19.8. The number of halogens is 3. The van der Waals surface area contributed by atoms with E-state index in [0.29, 0.717) is 47.5 Å². The van der Waals surface area contributed by atoms with Gasteiger partial charge in [-0.05, 0) is 25.3 Å². The van der Waals surface area contributed by atoms with Crippen LogP contribution >= 0.6 is 0 Å². The van der Waals surface area contributed by atoms with E-state index in [0.717, 1.165) is 41.5 Å². The number of hydrogen-bond donors (Lipinski definition) is 0. The fourth-order valence-corrected chi connectivity index (χ4v) is 5.11. The minimum atomic E-state index is -4.50. The van der Waals surface area contributed by atoms with Crippen molar-refractivity contribution in [3.8, 4) is 28.7 Å². The molecule has 1 aromatic carbocycles. The SMILES string of the molecule is CCOc1ncnc(C2CC2)c1-c1ncc2c(n1)n(Cc1ccc(-c3nc(C(F)(F)F)cn3C)cc1)c1cncn21. The van der Waals surface area contributed by atoms with Crippen LogP contribution in [0.25, 0.3) is 39.6 Å². The molecule has 208 valence electrons. The van der Waals surface area contributed by atoms with Crippen LogP contribution in [-0.4, -0.2) is 50.0 Å². The molecule has 41 heavy (non-hydrogen) atoms. The third kappa shape index (κ3) is 4.37. The van der Waals surface area contributed by atoms with Crippen molar-refractivity contribution in [2.24, 2.45) is 7.05 Å². The summed E-state index contributed by atoms with van der Waals surface area (Å²) < 4.78 is 50.6. The quantitative estimate of drug-likeness (QED) is 0.262. The van der Waals surface area contributed by atoms with Gasteiger partial charge in [0.1, 0.15) is 35.2 Å². The maximum absolute atomic E-state index is 13.2. The lowest BCUT2D eigenvalue weighted by molar-refractivity contribution is -0.140. The van der Waals surface area contributed by atoms with Gasteiger partial charge in [0.2, 0.25) is 5.88 Å². The fourth-order valence-electron chi connectivity index (χ4n) is 5.11. The number of aryl methyl sites for hydroxylation is 1. The Labute approximate surface area is 231 Å². The first-order valence-corrected chi connectivity index (χ1v) is 13.2. The molecule has 6 aromatic rings. The lowest BCUT2D eigenvalue weighted by Crippen LogP contribution is -2.06. The molecule has 0 N–H and O–H groups in total. The minimum absolute atomic E-state index is 0.243. The normalized spacial score (nSPS) is 13.9. The fraction of sp³-hybridized carbons (Fsp3) is 0.286. The van der Waals surface area contributed by atoms with E-state index < -0.39 is 11.9 Å². The van der Waals surface area contributed by atoms with Gasteiger partial charge in [-0.2, -0.15) is 13.2 Å². The van der Waals surface area contributed by atoms with E-state index in [1.165, 1.54) is 10.9 Å². The number of benzene rings is 1. The molecule has 0 saturated heterocycles. The molecule has 1 aliphatic rings. The maximum atomic E-state index is 13.2. The molecule has 0 amide bonds. The van der Waals surface area contributed by atoms with Crippen molar-refractivity contribution in [1.82, 2.24) is 43.4 Å². The van der Waals surface area contributed by atoms with Crippen LogP contribution in [0.1, 0.15) is 42.6 Å². The number of rotatable bonds is 7. The molecule has 0 aliphatic heterocycles. The molecule has 0 bridgehead atoms. The number of aromatic nitrogens is 9. The van der Waals surface area contributed by atoms with Crippen LogP contribution in [0.3, 0.4) is 0 Å². The van der Waals surface area contributed by atoms with Crippen molar-refractivity contribution in [2.45, 2.75) is 38.4 Å². The third-order valence-electron chi connectivity index (χ3n) is 7.19. The first-order valence-electron chi connectivity index (χ1n) is 13.2. The molecule has 10 nitrogen and oxygen atoms in total. The number of fused-ring (bicyclic) bond motifs is 3. The van der Waals surface area contributed by atoms with Gasteiger partial charge in [-0.15, -0.1) is 0 Å². The average Bonchev–Trinajstić information content (AvgIpc) is 3.44. The number of nitrogens with zero attached hydrogens (tertiary/aromatic N) is 9. The van der Waals surface area contributed by atoms with Gasteiger partial charge >= 0.3 is 6.18 Å². The van der Waals surface area contributed by atoms with Crippen molar-refractivity contribution in [1.29, 1.82) is 0 Å². The lowest BCUT2D eigenvalue weighted by atomic mass is 10.1. The Morgan fingerprint density at radius 1 is 1.02 bits per heavy atom. The summed E-state index contributed by atoms with van der Waals surface area (Å²) in [4.78, 5) is 26.7. The topological polar surface area (TPSA) is 101 Å². The molecule has 5 heterocycles. The summed E-state index contributed by atoms with van der Waals surface area (Å²) in [6.07, 6.45) is 5.36. The van der Waals surface area contributed by atoms with Crippen LogP contribution in [0.5, 0.6) is 5.88 Å². The first kappa shape index (κ1) is 25.2. The predicted octanol–water partition coefficient (Wildman–Crippen LogP) is 5.28. The van der Waals surface area contributed by atoms with E-state index in [4.69, 9.17) is 14.7 Å². The van der Waals surface area contributed by atoms with Crippen LogP contribution in [0, 0.1) is 0 Å². The molecule has 0 radical (unpaired) electrons. The van der Waals surface area contributed by atoms with Crippen LogP contribution in [-0.2, 0) is 19.8 Å². The molecule has 0 unspecified atom stereocenters. The van der Waals surface area contributed by atoms with E-state index in [2.05, 4.69) is 19.9 Å². The average molecular weight is 560 g/mol. The molecule has 13 heteroatoms. The highest BCUT2D eigenvalue weighted by molar-refractivity contribution is 5.80. The Hall–Kier alpha value is -4.81. The van der Waals surface area contributed by atoms with Crippen molar-refractivity contribution in [3.63, 3.8) is 0 Å². The molecule has 1 aliphatic carbocycles. The lowest BCUT2D eigenvalue weighted by Gasteiger charge is -2.12. The smallest absolute Gasteiger partial charge is 0.434 e. The van der Waals surface area contributed by atoms with Gasteiger partial charge in [0.25, 0.3) is 0 Å². The summed E-state index contributed by atoms with van der Waals surface area (Å²) in [6.45, 7) is 2.81. The molecule has 1 fully saturated rings. The minimum Gasteiger partial charge on any atom is -0.477 e. The van der Waals surface area contributed by atoms with Crippen LogP contribution < -0.4 is 4.74 Å². The van der Waals surface area contributed by atoms with Crippen LogP contribution in [0.2, 0.25) is 0 Å². The van der Waals surface area contributed by atoms with E-state index in [9.17, 15) is 13.2 Å². The standard InChI is InChI=1S/C28H24F3N9O/c1-3-41-27-22(23(17-8-9-17)34-14-35-27)24-33-10-19-26(37-24)39(21-11-32-15-40(19)21)12-16-4-6-18(7-5-16)25-36-20(13-38(25)2)28(29,30)31/h4-7,10-11,13-15,17H,3,8-9,12H2,1-2H3. The van der Waals surface area contributed by atoms with Gasteiger partial charge in [0, 0.05) is 24.7 Å². The van der Waals surface area contributed by atoms with Gasteiger partial charge in [-0.1, -0.05) is 24.3 Å². The van der Waals surface area contributed by atoms with Crippen molar-refractivity contribution in [2.75, 3.05) is 6.61 Å². The summed E-state index contributed by atoms with van der Waals surface area (Å²) in [6, 6.07) is 7.30. The zero-order valence-electron chi connectivity index (χ0n) is 22.2. The third-order valence-corrected chi connectivity index (χ3v) is 7.19. The highest BCUT2D eigenvalue weighted by Crippen LogP contribution is 2.45. The number of imidazole rings is 3. The van der Waals surface area contributed by atoms with Crippen molar-refractivity contribution >= 4 is 16.8 Å². The Kier molecular flexibility index (Phi) is 5.77. The number of ether oxygens (including phenoxy) is 1. The summed E-state index contributed by atoms with van der Waals surface area (Å²) in [5.74, 6) is 1.54. The highest BCUT2D eigenvalue weighted by Gasteiger charge is 2.35. The molecule has 5 aromatic heterocycles. The largest absolute Gasteiger partial charge is 0.477 e. The Bertz CT molecular complexity index is 1900. The van der Waals surface area contributed by atoms with E-state index >= 15 is 0 Å². The summed E-state index contributed by atoms with van der Waals surface area (Å²) in [5, 5.41) is 0. The Morgan fingerprint density at radius 3 is 2.54 bits per heavy atom. The molecule has 7 rings (SSSR count). The summed E-state index contributed by atoms with van der Waals surface area (Å²) in [5.41, 5.74) is 4.51. The molecule has 0 spiro atoms. The number of hydrogen-bond acceptors (Lipinski definition) is 7. The molecule has 0 atom stereocenters. The van der Waals surface area contributed by atoms with Crippen molar-refractivity contribution in [3.05, 3.63) is 72.5 Å². The molecule has 1 saturated carbocycles. The predicted molar refractivity (Wildman–Crippen MR) is 143 cm³/mol. The van der Waals surface area contributed by atoms with Gasteiger partial charge in [-0.25, -0.2) is 29.9 Å². The van der Waals surface area contributed by atoms with Crippen molar-refractivity contribution < 1.29 is 17.9 Å². The van der Waals surface area contributed by atoms with E-state index in [1.807, 2.05) is 28.0 Å². The van der Waals surface area contributed by atoms with E-state index in [1.54, 1.807) is 37.9 Å². The number of alkyl halides is 3. The second-order valence-electron chi connectivity index (χ2n) is 10.0. The van der Waals surface area contributed by atoms with Crippen LogP contribution in [0.4, 0.5) is 13.2 Å². The second-order valence-corrected chi connectivity index (χ2v) is 10.0. The monoisotopic (exact) mass is 559 g/mol. The van der Waals surface area contributed by atoms with Gasteiger partial charge < -0.3 is 13.9 Å². The highest BCUT2D eigenvalue weighted by atomic mass is 19.4. The molecular formula is C28H24F3N9O. The van der Waals surface area contributed by atoms with Gasteiger partial charge in [0.05, 0.1) is 31.2 Å².